The molecule has 1 aromatic rings. The first-order valence-corrected chi connectivity index (χ1v) is 7.25. The molecule has 3 heteroatoms. The van der Waals surface area contributed by atoms with Gasteiger partial charge in [0.2, 0.25) is 0 Å². The second kappa shape index (κ2) is 8.94. The first-order valence-electron chi connectivity index (χ1n) is 7.25. The van der Waals surface area contributed by atoms with Crippen LogP contribution in [-0.2, 0) is 9.47 Å². The molecule has 0 aliphatic rings. The lowest BCUT2D eigenvalue weighted by atomic mass is 10.0. The number of hydrogen-bond acceptors (Lipinski definition) is 3. The van der Waals surface area contributed by atoms with Crippen LogP contribution in [0.15, 0.2) is 24.3 Å². The number of benzene rings is 1. The van der Waals surface area contributed by atoms with Crippen LogP contribution in [0.4, 0.5) is 5.69 Å². The molecule has 19 heavy (non-hydrogen) atoms. The van der Waals surface area contributed by atoms with E-state index in [1.165, 1.54) is 11.3 Å². The molecule has 0 aromatic heterocycles. The average molecular weight is 265 g/mol. The van der Waals surface area contributed by atoms with Crippen molar-refractivity contribution in [2.24, 2.45) is 0 Å². The highest BCUT2D eigenvalue weighted by Crippen LogP contribution is 2.23. The summed E-state index contributed by atoms with van der Waals surface area (Å²) >= 11 is 0. The van der Waals surface area contributed by atoms with Crippen molar-refractivity contribution in [3.05, 3.63) is 29.8 Å². The molecule has 0 saturated carbocycles. The fourth-order valence-corrected chi connectivity index (χ4v) is 2.07. The van der Waals surface area contributed by atoms with E-state index >= 15 is 0 Å². The van der Waals surface area contributed by atoms with Crippen LogP contribution in [0, 0.1) is 0 Å². The lowest BCUT2D eigenvalue weighted by Gasteiger charge is -2.19. The zero-order valence-corrected chi connectivity index (χ0v) is 12.6. The van der Waals surface area contributed by atoms with Crippen LogP contribution >= 0.6 is 0 Å². The maximum absolute atomic E-state index is 5.54. The fourth-order valence-electron chi connectivity index (χ4n) is 2.07. The molecule has 1 aromatic carbocycles. The van der Waals surface area contributed by atoms with Gasteiger partial charge in [-0.2, -0.15) is 0 Å². The van der Waals surface area contributed by atoms with Gasteiger partial charge in [0, 0.05) is 31.9 Å². The van der Waals surface area contributed by atoms with Crippen LogP contribution in [0.5, 0.6) is 0 Å². The van der Waals surface area contributed by atoms with Gasteiger partial charge in [-0.25, -0.2) is 0 Å². The maximum Gasteiger partial charge on any atom is 0.159 e. The molecule has 0 atom stereocenters. The molecule has 0 heterocycles. The van der Waals surface area contributed by atoms with Gasteiger partial charge in [0.05, 0.1) is 0 Å². The highest BCUT2D eigenvalue weighted by molar-refractivity contribution is 5.52. The Morgan fingerprint density at radius 1 is 1.05 bits per heavy atom. The summed E-state index contributed by atoms with van der Waals surface area (Å²) in [6.07, 6.45) is 0.752. The molecular formula is C16H27NO2. The minimum absolute atomic E-state index is 0.103. The number of para-hydroxylation sites is 1. The van der Waals surface area contributed by atoms with E-state index in [2.05, 4.69) is 43.4 Å². The predicted octanol–water partition coefficient (Wildman–Crippen LogP) is 4.01. The number of anilines is 1. The number of ether oxygens (including phenoxy) is 2. The second-order valence-corrected chi connectivity index (χ2v) is 4.80. The molecular weight excluding hydrogens is 238 g/mol. The average Bonchev–Trinajstić information content (AvgIpc) is 2.39. The van der Waals surface area contributed by atoms with Crippen molar-refractivity contribution < 1.29 is 9.47 Å². The quantitative estimate of drug-likeness (QED) is 0.684. The van der Waals surface area contributed by atoms with Gasteiger partial charge in [-0.15, -0.1) is 0 Å². The van der Waals surface area contributed by atoms with E-state index in [-0.39, 0.29) is 6.29 Å². The molecule has 0 bridgehead atoms. The molecule has 0 saturated heterocycles. The molecule has 108 valence electrons. The SMILES string of the molecule is CCOC(CCNc1ccccc1C(C)C)OCC. The van der Waals surface area contributed by atoms with Gasteiger partial charge in [-0.1, -0.05) is 32.0 Å². The Bertz CT molecular complexity index is 346. The third-order valence-electron chi connectivity index (χ3n) is 2.98. The van der Waals surface area contributed by atoms with E-state index < -0.39 is 0 Å². The highest BCUT2D eigenvalue weighted by atomic mass is 16.7. The van der Waals surface area contributed by atoms with E-state index in [1.807, 2.05) is 13.8 Å². The number of hydrogen-bond donors (Lipinski definition) is 1. The molecule has 0 fully saturated rings. The standard InChI is InChI=1S/C16H27NO2/c1-5-18-16(19-6-2)11-12-17-15-10-8-7-9-14(15)13(3)4/h7-10,13,16-17H,5-6,11-12H2,1-4H3. The maximum atomic E-state index is 5.54. The lowest BCUT2D eigenvalue weighted by molar-refractivity contribution is -0.137. The Hall–Kier alpha value is -1.06. The van der Waals surface area contributed by atoms with Crippen LogP contribution in [0.25, 0.3) is 0 Å². The van der Waals surface area contributed by atoms with Crippen molar-refractivity contribution >= 4 is 5.69 Å². The third-order valence-corrected chi connectivity index (χ3v) is 2.98. The summed E-state index contributed by atoms with van der Waals surface area (Å²) in [7, 11) is 0. The van der Waals surface area contributed by atoms with E-state index in [1.54, 1.807) is 0 Å². The van der Waals surface area contributed by atoms with Gasteiger partial charge in [-0.3, -0.25) is 0 Å². The first-order chi connectivity index (χ1) is 9.19. The molecule has 3 nitrogen and oxygen atoms in total. The van der Waals surface area contributed by atoms with Crippen molar-refractivity contribution in [2.45, 2.75) is 46.3 Å². The highest BCUT2D eigenvalue weighted by Gasteiger charge is 2.09. The van der Waals surface area contributed by atoms with Crippen molar-refractivity contribution in [3.8, 4) is 0 Å². The van der Waals surface area contributed by atoms with Crippen molar-refractivity contribution in [2.75, 3.05) is 25.1 Å². The molecule has 0 spiro atoms. The zero-order chi connectivity index (χ0) is 14.1. The van der Waals surface area contributed by atoms with E-state index in [4.69, 9.17) is 9.47 Å². The Morgan fingerprint density at radius 3 is 2.26 bits per heavy atom. The van der Waals surface area contributed by atoms with Crippen molar-refractivity contribution in [1.82, 2.24) is 0 Å². The Labute approximate surface area is 117 Å². The van der Waals surface area contributed by atoms with Gasteiger partial charge in [0.1, 0.15) is 0 Å². The van der Waals surface area contributed by atoms with Crippen molar-refractivity contribution in [1.29, 1.82) is 0 Å². The fraction of sp³-hybridized carbons (Fsp3) is 0.625. The summed E-state index contributed by atoms with van der Waals surface area (Å²) in [6, 6.07) is 8.46. The van der Waals surface area contributed by atoms with Crippen LogP contribution in [-0.4, -0.2) is 26.0 Å². The zero-order valence-electron chi connectivity index (χ0n) is 12.6. The summed E-state index contributed by atoms with van der Waals surface area (Å²) in [5.74, 6) is 0.526. The summed E-state index contributed by atoms with van der Waals surface area (Å²) < 4.78 is 11.1. The summed E-state index contributed by atoms with van der Waals surface area (Å²) in [4.78, 5) is 0. The molecule has 0 amide bonds. The smallest absolute Gasteiger partial charge is 0.159 e. The minimum atomic E-state index is -0.103. The van der Waals surface area contributed by atoms with E-state index in [9.17, 15) is 0 Å². The van der Waals surface area contributed by atoms with Crippen LogP contribution in [0.3, 0.4) is 0 Å². The Morgan fingerprint density at radius 2 is 1.68 bits per heavy atom. The van der Waals surface area contributed by atoms with E-state index in [0.29, 0.717) is 19.1 Å². The Balaban J connectivity index is 2.47. The second-order valence-electron chi connectivity index (χ2n) is 4.80. The molecule has 1 N–H and O–H groups in total. The van der Waals surface area contributed by atoms with Gasteiger partial charge >= 0.3 is 0 Å². The number of nitrogens with one attached hydrogen (secondary N) is 1. The molecule has 0 radical (unpaired) electrons. The summed E-state index contributed by atoms with van der Waals surface area (Å²) in [5, 5.41) is 3.48. The summed E-state index contributed by atoms with van der Waals surface area (Å²) in [5.41, 5.74) is 2.57. The van der Waals surface area contributed by atoms with Gasteiger partial charge in [0.25, 0.3) is 0 Å². The molecule has 1 rings (SSSR count). The largest absolute Gasteiger partial charge is 0.385 e. The normalized spacial score (nSPS) is 11.3. The van der Waals surface area contributed by atoms with E-state index in [0.717, 1.165) is 13.0 Å². The van der Waals surface area contributed by atoms with Gasteiger partial charge < -0.3 is 14.8 Å². The molecule has 0 unspecified atom stereocenters. The minimum Gasteiger partial charge on any atom is -0.385 e. The Kier molecular flexibility index (Phi) is 7.53. The number of rotatable bonds is 9. The first kappa shape index (κ1) is 16.0. The predicted molar refractivity (Wildman–Crippen MR) is 80.7 cm³/mol. The monoisotopic (exact) mass is 265 g/mol. The van der Waals surface area contributed by atoms with Crippen LogP contribution in [0.1, 0.15) is 45.6 Å². The molecule has 0 aliphatic heterocycles. The van der Waals surface area contributed by atoms with Crippen molar-refractivity contribution in [3.63, 3.8) is 0 Å². The van der Waals surface area contributed by atoms with Crippen LogP contribution < -0.4 is 5.32 Å². The molecule has 0 aliphatic carbocycles. The summed E-state index contributed by atoms with van der Waals surface area (Å²) in [6.45, 7) is 10.6. The van der Waals surface area contributed by atoms with Crippen LogP contribution in [0.2, 0.25) is 0 Å². The van der Waals surface area contributed by atoms with Gasteiger partial charge in [-0.05, 0) is 31.4 Å². The lowest BCUT2D eigenvalue weighted by Crippen LogP contribution is -2.21. The third kappa shape index (κ3) is 5.62. The van der Waals surface area contributed by atoms with Gasteiger partial charge in [0.15, 0.2) is 6.29 Å². The topological polar surface area (TPSA) is 30.5 Å².